The van der Waals surface area contributed by atoms with Crippen LogP contribution in [-0.4, -0.2) is 25.7 Å². The molecule has 19 heavy (non-hydrogen) atoms. The lowest BCUT2D eigenvalue weighted by atomic mass is 10.0. The molecule has 0 fully saturated rings. The van der Waals surface area contributed by atoms with Crippen LogP contribution in [0.3, 0.4) is 0 Å². The second-order valence-corrected chi connectivity index (χ2v) is 7.17. The molecule has 0 aliphatic heterocycles. The zero-order valence-corrected chi connectivity index (χ0v) is 12.8. The number of benzene rings is 1. The molecule has 0 radical (unpaired) electrons. The van der Waals surface area contributed by atoms with E-state index in [-0.39, 0.29) is 11.5 Å². The topological polar surface area (TPSA) is 92.4 Å². The summed E-state index contributed by atoms with van der Waals surface area (Å²) in [5.74, 6) is 0. The predicted octanol–water partition coefficient (Wildman–Crippen LogP) is 1.67. The predicted molar refractivity (Wildman–Crippen MR) is 76.7 cm³/mol. The van der Waals surface area contributed by atoms with Crippen molar-refractivity contribution in [1.29, 1.82) is 0 Å². The summed E-state index contributed by atoms with van der Waals surface area (Å²) in [5, 5.41) is 9.22. The SMILES string of the molecule is Cc1c(N)cc(S(=O)(=O)NC(C)(C)CCO)cc1Cl. The van der Waals surface area contributed by atoms with E-state index in [1.165, 1.54) is 12.1 Å². The molecule has 1 aromatic rings. The molecule has 0 amide bonds. The van der Waals surface area contributed by atoms with Crippen molar-refractivity contribution >= 4 is 27.3 Å². The number of hydrogen-bond acceptors (Lipinski definition) is 4. The summed E-state index contributed by atoms with van der Waals surface area (Å²) >= 11 is 5.95. The van der Waals surface area contributed by atoms with E-state index < -0.39 is 15.6 Å². The third kappa shape index (κ3) is 4.07. The monoisotopic (exact) mass is 306 g/mol. The molecule has 0 saturated carbocycles. The molecule has 7 heteroatoms. The maximum atomic E-state index is 12.2. The average molecular weight is 307 g/mol. The number of sulfonamides is 1. The number of halogens is 1. The highest BCUT2D eigenvalue weighted by Crippen LogP contribution is 2.26. The van der Waals surface area contributed by atoms with Gasteiger partial charge in [0.1, 0.15) is 0 Å². The highest BCUT2D eigenvalue weighted by atomic mass is 35.5. The van der Waals surface area contributed by atoms with Crippen molar-refractivity contribution in [3.8, 4) is 0 Å². The van der Waals surface area contributed by atoms with Gasteiger partial charge in [0.15, 0.2) is 0 Å². The van der Waals surface area contributed by atoms with Crippen LogP contribution in [0.5, 0.6) is 0 Å². The normalized spacial score (nSPS) is 12.7. The van der Waals surface area contributed by atoms with E-state index in [0.29, 0.717) is 22.7 Å². The smallest absolute Gasteiger partial charge is 0.241 e. The van der Waals surface area contributed by atoms with Gasteiger partial charge in [-0.2, -0.15) is 0 Å². The number of nitrogens with two attached hydrogens (primary N) is 1. The van der Waals surface area contributed by atoms with Crippen LogP contribution in [0.25, 0.3) is 0 Å². The molecular formula is C12H19ClN2O3S. The van der Waals surface area contributed by atoms with E-state index in [1.54, 1.807) is 20.8 Å². The van der Waals surface area contributed by atoms with Crippen LogP contribution >= 0.6 is 11.6 Å². The van der Waals surface area contributed by atoms with Crippen LogP contribution in [0.2, 0.25) is 5.02 Å². The largest absolute Gasteiger partial charge is 0.398 e. The van der Waals surface area contributed by atoms with Crippen molar-refractivity contribution in [2.45, 2.75) is 37.6 Å². The average Bonchev–Trinajstić information content (AvgIpc) is 2.23. The Bertz CT molecular complexity index is 547. The quantitative estimate of drug-likeness (QED) is 0.721. The number of nitrogen functional groups attached to an aromatic ring is 1. The molecule has 4 N–H and O–H groups in total. The Morgan fingerprint density at radius 2 is 2.00 bits per heavy atom. The lowest BCUT2D eigenvalue weighted by Gasteiger charge is -2.25. The Balaban J connectivity index is 3.15. The van der Waals surface area contributed by atoms with Gasteiger partial charge in [0.25, 0.3) is 0 Å². The number of aliphatic hydroxyl groups is 1. The van der Waals surface area contributed by atoms with Crippen LogP contribution in [0.15, 0.2) is 17.0 Å². The van der Waals surface area contributed by atoms with Gasteiger partial charge >= 0.3 is 0 Å². The van der Waals surface area contributed by atoms with E-state index in [2.05, 4.69) is 4.72 Å². The van der Waals surface area contributed by atoms with Gasteiger partial charge in [-0.05, 0) is 44.9 Å². The molecule has 1 rings (SSSR count). The summed E-state index contributed by atoms with van der Waals surface area (Å²) in [6, 6.07) is 2.74. The molecule has 5 nitrogen and oxygen atoms in total. The van der Waals surface area contributed by atoms with Crippen LogP contribution < -0.4 is 10.5 Å². The Morgan fingerprint density at radius 1 is 1.42 bits per heavy atom. The molecule has 0 aliphatic rings. The van der Waals surface area contributed by atoms with Gasteiger partial charge < -0.3 is 10.8 Å². The molecular weight excluding hydrogens is 288 g/mol. The number of aliphatic hydroxyl groups excluding tert-OH is 1. The maximum Gasteiger partial charge on any atom is 0.241 e. The fourth-order valence-corrected chi connectivity index (χ4v) is 3.38. The number of rotatable bonds is 5. The molecule has 0 aliphatic carbocycles. The van der Waals surface area contributed by atoms with Gasteiger partial charge in [-0.3, -0.25) is 0 Å². The van der Waals surface area contributed by atoms with Crippen LogP contribution in [-0.2, 0) is 10.0 Å². The molecule has 0 aromatic heterocycles. The first kappa shape index (κ1) is 16.2. The van der Waals surface area contributed by atoms with E-state index in [1.807, 2.05) is 0 Å². The second kappa shape index (κ2) is 5.66. The number of nitrogens with one attached hydrogen (secondary N) is 1. The van der Waals surface area contributed by atoms with E-state index >= 15 is 0 Å². The van der Waals surface area contributed by atoms with Gasteiger partial charge in [0, 0.05) is 22.9 Å². The maximum absolute atomic E-state index is 12.2. The van der Waals surface area contributed by atoms with Gasteiger partial charge in [0.2, 0.25) is 10.0 Å². The fourth-order valence-electron chi connectivity index (χ4n) is 1.58. The third-order valence-electron chi connectivity index (χ3n) is 2.82. The van der Waals surface area contributed by atoms with Crippen molar-refractivity contribution < 1.29 is 13.5 Å². The highest BCUT2D eigenvalue weighted by Gasteiger charge is 2.26. The standard InChI is InChI=1S/C12H19ClN2O3S/c1-8-10(13)6-9(7-11(8)14)19(17,18)15-12(2,3)4-5-16/h6-7,15-16H,4-5,14H2,1-3H3. The minimum atomic E-state index is -3.73. The summed E-state index contributed by atoms with van der Waals surface area (Å²) in [7, 11) is -3.73. The van der Waals surface area contributed by atoms with Crippen LogP contribution in [0.1, 0.15) is 25.8 Å². The van der Waals surface area contributed by atoms with E-state index in [4.69, 9.17) is 22.4 Å². The summed E-state index contributed by atoms with van der Waals surface area (Å²) < 4.78 is 27.0. The van der Waals surface area contributed by atoms with Crippen molar-refractivity contribution in [1.82, 2.24) is 4.72 Å². The third-order valence-corrected chi connectivity index (χ3v) is 4.89. The van der Waals surface area contributed by atoms with E-state index in [9.17, 15) is 8.42 Å². The Morgan fingerprint density at radius 3 is 2.47 bits per heavy atom. The molecule has 0 unspecified atom stereocenters. The lowest BCUT2D eigenvalue weighted by molar-refractivity contribution is 0.246. The minimum absolute atomic E-state index is 0.0200. The zero-order valence-electron chi connectivity index (χ0n) is 11.2. The Hall–Kier alpha value is -0.820. The number of hydrogen-bond donors (Lipinski definition) is 3. The molecule has 0 atom stereocenters. The number of anilines is 1. The zero-order chi connectivity index (χ0) is 14.8. The molecule has 108 valence electrons. The summed E-state index contributed by atoms with van der Waals surface area (Å²) in [4.78, 5) is 0.0200. The molecule has 0 heterocycles. The summed E-state index contributed by atoms with van der Waals surface area (Å²) in [6.07, 6.45) is 0.307. The highest BCUT2D eigenvalue weighted by molar-refractivity contribution is 7.89. The Kier molecular flexibility index (Phi) is 4.84. The Labute approximate surface area is 118 Å². The van der Waals surface area contributed by atoms with E-state index in [0.717, 1.165) is 0 Å². The first-order chi connectivity index (χ1) is 8.59. The van der Waals surface area contributed by atoms with Gasteiger partial charge in [-0.25, -0.2) is 13.1 Å². The first-order valence-corrected chi connectivity index (χ1v) is 7.65. The second-order valence-electron chi connectivity index (χ2n) is 5.08. The van der Waals surface area contributed by atoms with Crippen molar-refractivity contribution in [3.05, 3.63) is 22.7 Å². The van der Waals surface area contributed by atoms with Crippen LogP contribution in [0.4, 0.5) is 5.69 Å². The first-order valence-electron chi connectivity index (χ1n) is 5.79. The van der Waals surface area contributed by atoms with Crippen LogP contribution in [0, 0.1) is 6.92 Å². The minimum Gasteiger partial charge on any atom is -0.398 e. The van der Waals surface area contributed by atoms with Crippen molar-refractivity contribution in [3.63, 3.8) is 0 Å². The molecule has 1 aromatic carbocycles. The van der Waals surface area contributed by atoms with Crippen molar-refractivity contribution in [2.24, 2.45) is 0 Å². The molecule has 0 bridgehead atoms. The fraction of sp³-hybridized carbons (Fsp3) is 0.500. The lowest BCUT2D eigenvalue weighted by Crippen LogP contribution is -2.43. The van der Waals surface area contributed by atoms with Crippen molar-refractivity contribution in [2.75, 3.05) is 12.3 Å². The summed E-state index contributed by atoms with van der Waals surface area (Å²) in [5.41, 5.74) is 5.95. The van der Waals surface area contributed by atoms with Gasteiger partial charge in [0.05, 0.1) is 4.90 Å². The van der Waals surface area contributed by atoms with Gasteiger partial charge in [-0.15, -0.1) is 0 Å². The molecule has 0 spiro atoms. The molecule has 0 saturated heterocycles. The van der Waals surface area contributed by atoms with Gasteiger partial charge in [-0.1, -0.05) is 11.6 Å². The summed E-state index contributed by atoms with van der Waals surface area (Å²) in [6.45, 7) is 5.00.